The van der Waals surface area contributed by atoms with Crippen molar-refractivity contribution in [3.63, 3.8) is 0 Å². The second-order valence-corrected chi connectivity index (χ2v) is 7.59. The summed E-state index contributed by atoms with van der Waals surface area (Å²) in [6, 6.07) is 5.01. The minimum Gasteiger partial charge on any atom is -0.379 e. The molecule has 2 saturated heterocycles. The van der Waals surface area contributed by atoms with Crippen LogP contribution < -0.4 is 5.32 Å². The van der Waals surface area contributed by atoms with E-state index >= 15 is 0 Å². The summed E-state index contributed by atoms with van der Waals surface area (Å²) in [4.78, 5) is 12.5. The van der Waals surface area contributed by atoms with Crippen molar-refractivity contribution >= 4 is 17.3 Å². The van der Waals surface area contributed by atoms with Crippen LogP contribution in [0.25, 0.3) is 0 Å². The lowest BCUT2D eigenvalue weighted by atomic mass is 10.2. The van der Waals surface area contributed by atoms with Crippen molar-refractivity contribution in [3.8, 4) is 0 Å². The summed E-state index contributed by atoms with van der Waals surface area (Å²) in [6.45, 7) is 12.1. The molecule has 0 bridgehead atoms. The number of morpholine rings is 1. The summed E-state index contributed by atoms with van der Waals surface area (Å²) in [5.41, 5.74) is 0. The molecule has 0 spiro atoms. The van der Waals surface area contributed by atoms with Crippen molar-refractivity contribution in [2.45, 2.75) is 32.9 Å². The van der Waals surface area contributed by atoms with Crippen molar-refractivity contribution in [1.29, 1.82) is 0 Å². The van der Waals surface area contributed by atoms with E-state index in [0.717, 1.165) is 58.4 Å². The van der Waals surface area contributed by atoms with E-state index in [1.54, 1.807) is 0 Å². The third-order valence-corrected chi connectivity index (χ3v) is 5.53. The van der Waals surface area contributed by atoms with E-state index in [2.05, 4.69) is 41.1 Å². The van der Waals surface area contributed by atoms with E-state index in [4.69, 9.17) is 9.73 Å². The normalized spacial score (nSPS) is 23.5. The van der Waals surface area contributed by atoms with Crippen LogP contribution in [0.5, 0.6) is 0 Å². The lowest BCUT2D eigenvalue weighted by Crippen LogP contribution is -2.46. The average Bonchev–Trinajstić information content (AvgIpc) is 3.21. The molecule has 0 saturated carbocycles. The molecule has 1 atom stereocenters. The van der Waals surface area contributed by atoms with Gasteiger partial charge in [-0.1, -0.05) is 0 Å². The van der Waals surface area contributed by atoms with Crippen LogP contribution in [0.4, 0.5) is 0 Å². The number of likely N-dealkylation sites (tertiary alicyclic amines) is 1. The largest absolute Gasteiger partial charge is 0.379 e. The number of aryl methyl sites for hydroxylation is 1. The van der Waals surface area contributed by atoms with Gasteiger partial charge in [-0.05, 0) is 32.4 Å². The van der Waals surface area contributed by atoms with E-state index in [1.165, 1.54) is 16.2 Å². The zero-order valence-corrected chi connectivity index (χ0v) is 15.1. The number of hydrogen-bond donors (Lipinski definition) is 1. The molecule has 0 amide bonds. The highest BCUT2D eigenvalue weighted by Crippen LogP contribution is 2.19. The maximum absolute atomic E-state index is 5.47. The zero-order chi connectivity index (χ0) is 16.1. The Morgan fingerprint density at radius 2 is 2.17 bits per heavy atom. The lowest BCUT2D eigenvalue weighted by molar-refractivity contribution is 0.0195. The highest BCUT2D eigenvalue weighted by atomic mass is 32.1. The predicted octanol–water partition coefficient (Wildman–Crippen LogP) is 1.93. The summed E-state index contributed by atoms with van der Waals surface area (Å²) in [5.74, 6) is 1.06. The summed E-state index contributed by atoms with van der Waals surface area (Å²) >= 11 is 1.84. The molecule has 2 aliphatic rings. The monoisotopic (exact) mass is 336 g/mol. The first kappa shape index (κ1) is 16.7. The van der Waals surface area contributed by atoms with E-state index in [9.17, 15) is 0 Å². The van der Waals surface area contributed by atoms with Gasteiger partial charge in [0.15, 0.2) is 5.96 Å². The molecule has 1 N–H and O–H groups in total. The van der Waals surface area contributed by atoms with Crippen LogP contribution in [-0.4, -0.2) is 67.7 Å². The Bertz CT molecular complexity index is 524. The Morgan fingerprint density at radius 3 is 2.87 bits per heavy atom. The Hall–Kier alpha value is -1.11. The molecule has 3 rings (SSSR count). The first-order valence-electron chi connectivity index (χ1n) is 8.66. The SMILES string of the molecule is CCNC(=NCc1ccc(C)s1)N1CCC(N2CCOCC2)C1. The van der Waals surface area contributed by atoms with E-state index in [-0.39, 0.29) is 0 Å². The third kappa shape index (κ3) is 4.46. The maximum Gasteiger partial charge on any atom is 0.194 e. The van der Waals surface area contributed by atoms with Crippen LogP contribution in [0.1, 0.15) is 23.1 Å². The number of aliphatic imine (C=N–C) groups is 1. The Labute approximate surface area is 143 Å². The molecule has 1 aromatic heterocycles. The zero-order valence-electron chi connectivity index (χ0n) is 14.3. The van der Waals surface area contributed by atoms with Gasteiger partial charge in [-0.3, -0.25) is 4.90 Å². The van der Waals surface area contributed by atoms with E-state index in [0.29, 0.717) is 6.04 Å². The number of guanidine groups is 1. The van der Waals surface area contributed by atoms with Crippen molar-refractivity contribution in [2.75, 3.05) is 45.9 Å². The average molecular weight is 337 g/mol. The predicted molar refractivity (Wildman–Crippen MR) is 96.2 cm³/mol. The summed E-state index contributed by atoms with van der Waals surface area (Å²) in [7, 11) is 0. The number of nitrogens with zero attached hydrogens (tertiary/aromatic N) is 3. The highest BCUT2D eigenvalue weighted by molar-refractivity contribution is 7.11. The number of rotatable bonds is 4. The lowest BCUT2D eigenvalue weighted by Gasteiger charge is -2.32. The Morgan fingerprint density at radius 1 is 1.35 bits per heavy atom. The minimum absolute atomic E-state index is 0.645. The Kier molecular flexibility index (Phi) is 5.91. The minimum atomic E-state index is 0.645. The summed E-state index contributed by atoms with van der Waals surface area (Å²) in [6.07, 6.45) is 1.22. The van der Waals surface area contributed by atoms with Gasteiger partial charge in [0, 0.05) is 48.5 Å². The van der Waals surface area contributed by atoms with Crippen LogP contribution in [0.2, 0.25) is 0 Å². The van der Waals surface area contributed by atoms with Gasteiger partial charge in [-0.15, -0.1) is 11.3 Å². The van der Waals surface area contributed by atoms with Crippen molar-refractivity contribution in [3.05, 3.63) is 21.9 Å². The van der Waals surface area contributed by atoms with Crippen LogP contribution in [0, 0.1) is 6.92 Å². The molecule has 1 aromatic rings. The summed E-state index contributed by atoms with van der Waals surface area (Å²) < 4.78 is 5.47. The number of hydrogen-bond acceptors (Lipinski definition) is 4. The Balaban J connectivity index is 1.59. The second kappa shape index (κ2) is 8.13. The molecular weight excluding hydrogens is 308 g/mol. The van der Waals surface area contributed by atoms with Gasteiger partial charge in [0.1, 0.15) is 0 Å². The van der Waals surface area contributed by atoms with Gasteiger partial charge in [-0.25, -0.2) is 4.99 Å². The first-order chi connectivity index (χ1) is 11.3. The summed E-state index contributed by atoms with van der Waals surface area (Å²) in [5, 5.41) is 3.46. The number of nitrogens with one attached hydrogen (secondary N) is 1. The molecule has 5 nitrogen and oxygen atoms in total. The topological polar surface area (TPSA) is 40.1 Å². The second-order valence-electron chi connectivity index (χ2n) is 6.22. The van der Waals surface area contributed by atoms with Gasteiger partial charge < -0.3 is 15.0 Å². The first-order valence-corrected chi connectivity index (χ1v) is 9.48. The van der Waals surface area contributed by atoms with Gasteiger partial charge in [0.05, 0.1) is 19.8 Å². The molecule has 2 fully saturated rings. The van der Waals surface area contributed by atoms with Gasteiger partial charge in [0.2, 0.25) is 0 Å². The fourth-order valence-corrected chi connectivity index (χ4v) is 4.14. The fraction of sp³-hybridized carbons (Fsp3) is 0.706. The molecule has 0 radical (unpaired) electrons. The van der Waals surface area contributed by atoms with Crippen molar-refractivity contribution in [1.82, 2.24) is 15.1 Å². The highest BCUT2D eigenvalue weighted by Gasteiger charge is 2.30. The molecular formula is C17H28N4OS. The molecule has 23 heavy (non-hydrogen) atoms. The number of thiophene rings is 1. The molecule has 2 aliphatic heterocycles. The maximum atomic E-state index is 5.47. The van der Waals surface area contributed by atoms with E-state index in [1.807, 2.05) is 11.3 Å². The standard InChI is InChI=1S/C17H28N4OS/c1-3-18-17(19-12-16-5-4-14(2)23-16)21-7-6-15(13-21)20-8-10-22-11-9-20/h4-5,15H,3,6-13H2,1-2H3,(H,18,19). The quantitative estimate of drug-likeness (QED) is 0.674. The molecule has 1 unspecified atom stereocenters. The van der Waals surface area contributed by atoms with Crippen LogP contribution >= 0.6 is 11.3 Å². The van der Waals surface area contributed by atoms with Crippen molar-refractivity contribution < 1.29 is 4.74 Å². The smallest absolute Gasteiger partial charge is 0.194 e. The molecule has 0 aliphatic carbocycles. The molecule has 6 heteroatoms. The van der Waals surface area contributed by atoms with Gasteiger partial charge in [-0.2, -0.15) is 0 Å². The van der Waals surface area contributed by atoms with Gasteiger partial charge in [0.25, 0.3) is 0 Å². The van der Waals surface area contributed by atoms with Gasteiger partial charge >= 0.3 is 0 Å². The van der Waals surface area contributed by atoms with Crippen LogP contribution in [0.15, 0.2) is 17.1 Å². The number of ether oxygens (including phenoxy) is 1. The van der Waals surface area contributed by atoms with E-state index < -0.39 is 0 Å². The molecule has 0 aromatic carbocycles. The third-order valence-electron chi connectivity index (χ3n) is 4.54. The molecule has 3 heterocycles. The fourth-order valence-electron chi connectivity index (χ4n) is 3.32. The van der Waals surface area contributed by atoms with Crippen LogP contribution in [0.3, 0.4) is 0 Å². The molecule has 128 valence electrons. The van der Waals surface area contributed by atoms with Crippen molar-refractivity contribution in [2.24, 2.45) is 4.99 Å². The van der Waals surface area contributed by atoms with Crippen LogP contribution in [-0.2, 0) is 11.3 Å².